The summed E-state index contributed by atoms with van der Waals surface area (Å²) in [6, 6.07) is 13.5. The minimum absolute atomic E-state index is 0.154. The summed E-state index contributed by atoms with van der Waals surface area (Å²) in [5.74, 6) is 1.13. The van der Waals surface area contributed by atoms with Crippen molar-refractivity contribution in [2.75, 3.05) is 45.1 Å². The third-order valence-corrected chi connectivity index (χ3v) is 8.29. The number of carbonyl (C=O) groups is 1. The number of β-amino-alcohol motifs (C(OH)–C–C–N with tert-alkyl or cyclic N) is 1. The quantitative estimate of drug-likeness (QED) is 0.295. The Bertz CT molecular complexity index is 1120. The number of anilines is 1. The van der Waals surface area contributed by atoms with Gasteiger partial charge in [-0.1, -0.05) is 55.2 Å². The number of aromatic nitrogens is 1. The van der Waals surface area contributed by atoms with Crippen molar-refractivity contribution in [3.63, 3.8) is 0 Å². The average Bonchev–Trinajstić information content (AvgIpc) is 3.37. The first-order chi connectivity index (χ1) is 18.4. The molecule has 0 bridgehead atoms. The second-order valence-corrected chi connectivity index (χ2v) is 10.8. The summed E-state index contributed by atoms with van der Waals surface area (Å²) in [4.78, 5) is 18.3. The summed E-state index contributed by atoms with van der Waals surface area (Å²) < 4.78 is 0. The Labute approximate surface area is 237 Å². The predicted molar refractivity (Wildman–Crippen MR) is 160 cm³/mol. The zero-order chi connectivity index (χ0) is 27.5. The molecule has 2 aliphatic heterocycles. The number of H-pyrrole nitrogens is 1. The van der Waals surface area contributed by atoms with E-state index in [1.165, 1.54) is 29.3 Å². The molecule has 0 radical (unpaired) electrons. The number of aliphatic hydroxyl groups excluding tert-OH is 1. The number of nitrogens with one attached hydrogen (secondary N) is 2. The molecule has 1 atom stereocenters. The summed E-state index contributed by atoms with van der Waals surface area (Å²) in [5, 5.41) is 15.4. The van der Waals surface area contributed by atoms with E-state index in [0.29, 0.717) is 34.0 Å². The molecule has 0 aliphatic carbocycles. The molecular weight excluding hydrogens is 519 g/mol. The van der Waals surface area contributed by atoms with E-state index >= 15 is 0 Å². The number of fused-ring (bicyclic) bond motifs is 1. The van der Waals surface area contributed by atoms with Crippen molar-refractivity contribution >= 4 is 46.2 Å². The fourth-order valence-electron chi connectivity index (χ4n) is 5.34. The number of aromatic amines is 1. The Morgan fingerprint density at radius 1 is 1.03 bits per heavy atom. The number of aliphatic hydroxyl groups is 1. The minimum Gasteiger partial charge on any atom is -0.392 e. The van der Waals surface area contributed by atoms with E-state index in [9.17, 15) is 9.90 Å². The van der Waals surface area contributed by atoms with E-state index in [0.717, 1.165) is 45.6 Å². The normalized spacial score (nSPS) is 18.2. The zero-order valence-electron chi connectivity index (χ0n) is 22.8. The topological polar surface area (TPSA) is 71.6 Å². The molecule has 6 nitrogen and oxygen atoms in total. The SMILES string of the molecule is CC.CN1CCC(C(O)CN2CCC(c3c[nH]c4ccccc34)CC2)CC1.O=CNc1ccc(Cl)c(Cl)c1. The van der Waals surface area contributed by atoms with Crippen LogP contribution in [0.4, 0.5) is 5.69 Å². The Morgan fingerprint density at radius 3 is 2.37 bits per heavy atom. The molecule has 1 aromatic heterocycles. The highest BCUT2D eigenvalue weighted by atomic mass is 35.5. The van der Waals surface area contributed by atoms with Gasteiger partial charge >= 0.3 is 0 Å². The van der Waals surface area contributed by atoms with Crippen LogP contribution < -0.4 is 5.32 Å². The summed E-state index contributed by atoms with van der Waals surface area (Å²) in [6.07, 6.45) is 7.31. The molecule has 208 valence electrons. The van der Waals surface area contributed by atoms with Gasteiger partial charge in [-0.3, -0.25) is 4.79 Å². The first-order valence-corrected chi connectivity index (χ1v) is 14.5. The Kier molecular flexibility index (Phi) is 12.4. The number of likely N-dealkylation sites (tertiary alicyclic amines) is 2. The molecule has 2 fully saturated rings. The monoisotopic (exact) mass is 560 g/mol. The molecular formula is C30H42Cl2N4O2. The number of para-hydroxylation sites is 1. The Morgan fingerprint density at radius 2 is 1.71 bits per heavy atom. The van der Waals surface area contributed by atoms with Crippen LogP contribution in [-0.4, -0.2) is 72.2 Å². The van der Waals surface area contributed by atoms with Crippen LogP contribution in [0.25, 0.3) is 10.9 Å². The van der Waals surface area contributed by atoms with E-state index in [1.54, 1.807) is 18.2 Å². The van der Waals surface area contributed by atoms with Gasteiger partial charge in [-0.2, -0.15) is 0 Å². The number of rotatable bonds is 6. The number of carbonyl (C=O) groups excluding carboxylic acids is 1. The van der Waals surface area contributed by atoms with Crippen molar-refractivity contribution in [2.24, 2.45) is 5.92 Å². The molecule has 1 amide bonds. The van der Waals surface area contributed by atoms with E-state index in [1.807, 2.05) is 13.8 Å². The standard InChI is InChI=1S/C21H31N3O.C7H5Cl2NO.C2H6/c1-23-10-6-17(7-11-23)21(25)15-24-12-8-16(9-13-24)19-14-22-20-5-3-2-4-18(19)20;8-6-2-1-5(10-4-11)3-7(6)9;1-2/h2-5,14,16-17,21-22,25H,6-13,15H2,1H3;1-4H,(H,10,11);1-2H3. The maximum Gasteiger partial charge on any atom is 0.211 e. The summed E-state index contributed by atoms with van der Waals surface area (Å²) >= 11 is 11.3. The van der Waals surface area contributed by atoms with Gasteiger partial charge in [0.05, 0.1) is 16.1 Å². The summed E-state index contributed by atoms with van der Waals surface area (Å²) in [5.41, 5.74) is 3.36. The molecule has 5 rings (SSSR count). The van der Waals surface area contributed by atoms with Crippen LogP contribution in [0.2, 0.25) is 10.0 Å². The lowest BCUT2D eigenvalue weighted by Gasteiger charge is -2.37. The van der Waals surface area contributed by atoms with Gasteiger partial charge in [-0.15, -0.1) is 0 Å². The van der Waals surface area contributed by atoms with Crippen LogP contribution in [-0.2, 0) is 4.79 Å². The number of hydrogen-bond acceptors (Lipinski definition) is 4. The van der Waals surface area contributed by atoms with Gasteiger partial charge in [-0.05, 0) is 101 Å². The molecule has 1 unspecified atom stereocenters. The zero-order valence-corrected chi connectivity index (χ0v) is 24.3. The van der Waals surface area contributed by atoms with Gasteiger partial charge in [0.2, 0.25) is 6.41 Å². The molecule has 2 aliphatic rings. The van der Waals surface area contributed by atoms with Gasteiger partial charge in [0, 0.05) is 29.3 Å². The minimum atomic E-state index is -0.154. The lowest BCUT2D eigenvalue weighted by atomic mass is 9.87. The van der Waals surface area contributed by atoms with Crippen molar-refractivity contribution in [1.29, 1.82) is 0 Å². The largest absolute Gasteiger partial charge is 0.392 e. The summed E-state index contributed by atoms with van der Waals surface area (Å²) in [7, 11) is 2.18. The van der Waals surface area contributed by atoms with Crippen molar-refractivity contribution in [2.45, 2.75) is 51.6 Å². The maximum atomic E-state index is 10.6. The highest BCUT2D eigenvalue weighted by molar-refractivity contribution is 6.42. The van der Waals surface area contributed by atoms with Crippen molar-refractivity contribution < 1.29 is 9.90 Å². The van der Waals surface area contributed by atoms with E-state index in [4.69, 9.17) is 23.2 Å². The first-order valence-electron chi connectivity index (χ1n) is 13.7. The number of piperidine rings is 2. The van der Waals surface area contributed by atoms with Crippen LogP contribution in [0.1, 0.15) is 51.0 Å². The van der Waals surface area contributed by atoms with Crippen LogP contribution >= 0.6 is 23.2 Å². The van der Waals surface area contributed by atoms with E-state index in [-0.39, 0.29) is 6.10 Å². The number of benzene rings is 2. The molecule has 3 heterocycles. The molecule has 2 saturated heterocycles. The van der Waals surface area contributed by atoms with Crippen LogP contribution in [0.15, 0.2) is 48.7 Å². The Hall–Kier alpha value is -2.09. The third-order valence-electron chi connectivity index (χ3n) is 7.55. The number of halogens is 2. The second-order valence-electron chi connectivity index (χ2n) is 9.96. The molecule has 0 spiro atoms. The van der Waals surface area contributed by atoms with Crippen LogP contribution in [0.5, 0.6) is 0 Å². The van der Waals surface area contributed by atoms with Gasteiger partial charge in [0.1, 0.15) is 0 Å². The fourth-order valence-corrected chi connectivity index (χ4v) is 5.64. The van der Waals surface area contributed by atoms with Crippen molar-refractivity contribution in [1.82, 2.24) is 14.8 Å². The highest BCUT2D eigenvalue weighted by Crippen LogP contribution is 2.33. The number of amides is 1. The van der Waals surface area contributed by atoms with E-state index in [2.05, 4.69) is 57.6 Å². The van der Waals surface area contributed by atoms with Gasteiger partial charge in [0.15, 0.2) is 0 Å². The smallest absolute Gasteiger partial charge is 0.211 e. The third kappa shape index (κ3) is 8.45. The lowest BCUT2D eigenvalue weighted by Crippen LogP contribution is -2.43. The van der Waals surface area contributed by atoms with Crippen molar-refractivity contribution in [3.05, 3.63) is 64.3 Å². The molecule has 38 heavy (non-hydrogen) atoms. The molecule has 0 saturated carbocycles. The number of nitrogens with zero attached hydrogens (tertiary/aromatic N) is 2. The molecule has 3 N–H and O–H groups in total. The highest BCUT2D eigenvalue weighted by Gasteiger charge is 2.28. The van der Waals surface area contributed by atoms with E-state index < -0.39 is 0 Å². The number of hydrogen-bond donors (Lipinski definition) is 3. The average molecular weight is 562 g/mol. The summed E-state index contributed by atoms with van der Waals surface area (Å²) in [6.45, 7) is 9.32. The van der Waals surface area contributed by atoms with Crippen molar-refractivity contribution in [3.8, 4) is 0 Å². The fraction of sp³-hybridized carbons (Fsp3) is 0.500. The first kappa shape index (κ1) is 30.5. The molecule has 8 heteroatoms. The van der Waals surface area contributed by atoms with Gasteiger partial charge in [-0.25, -0.2) is 0 Å². The molecule has 2 aromatic carbocycles. The Balaban J connectivity index is 0.000000259. The second kappa shape index (κ2) is 15.5. The predicted octanol–water partition coefficient (Wildman–Crippen LogP) is 6.64. The van der Waals surface area contributed by atoms with Gasteiger partial charge in [0.25, 0.3) is 0 Å². The maximum absolute atomic E-state index is 10.6. The van der Waals surface area contributed by atoms with Crippen LogP contribution in [0, 0.1) is 5.92 Å². The van der Waals surface area contributed by atoms with Gasteiger partial charge < -0.3 is 25.2 Å². The lowest BCUT2D eigenvalue weighted by molar-refractivity contribution is -0.105. The van der Waals surface area contributed by atoms with Crippen LogP contribution in [0.3, 0.4) is 0 Å². The molecule has 3 aromatic rings.